The van der Waals surface area contributed by atoms with Crippen LogP contribution < -0.4 is 0 Å². The van der Waals surface area contributed by atoms with E-state index in [4.69, 9.17) is 5.11 Å². The first-order valence-corrected chi connectivity index (χ1v) is 6.04. The Hall–Kier alpha value is -2.71. The summed E-state index contributed by atoms with van der Waals surface area (Å²) in [6.07, 6.45) is 4.83. The second-order valence-corrected chi connectivity index (χ2v) is 4.46. The monoisotopic (exact) mass is 276 g/mol. The average molecular weight is 276 g/mol. The Bertz CT molecular complexity index is 661. The van der Waals surface area contributed by atoms with Gasteiger partial charge in [-0.05, 0) is 0 Å². The molecular formula is C11H12N6O3. The number of carbonyl (C=O) groups excluding carboxylic acids is 1. The summed E-state index contributed by atoms with van der Waals surface area (Å²) in [7, 11) is 0. The van der Waals surface area contributed by atoms with E-state index in [0.29, 0.717) is 19.6 Å². The average Bonchev–Trinajstić information content (AvgIpc) is 3.05. The standard InChI is InChI=1S/C11H12N6O3/c18-10(7-17-5-8(11(19)20)13-14-17)16-4-3-15-2-1-12-9(15)6-16/h1-2,5H,3-4,6-7H2,(H,19,20). The molecule has 1 aliphatic heterocycles. The number of amides is 1. The van der Waals surface area contributed by atoms with E-state index in [2.05, 4.69) is 15.3 Å². The fourth-order valence-electron chi connectivity index (χ4n) is 2.10. The fourth-order valence-corrected chi connectivity index (χ4v) is 2.10. The molecule has 20 heavy (non-hydrogen) atoms. The molecule has 1 amide bonds. The molecule has 9 heteroatoms. The molecule has 1 aliphatic rings. The number of nitrogens with zero attached hydrogens (tertiary/aromatic N) is 6. The van der Waals surface area contributed by atoms with Gasteiger partial charge in [-0.25, -0.2) is 14.5 Å². The first-order chi connectivity index (χ1) is 9.63. The molecular weight excluding hydrogens is 264 g/mol. The number of rotatable bonds is 3. The highest BCUT2D eigenvalue weighted by atomic mass is 16.4. The van der Waals surface area contributed by atoms with Crippen LogP contribution in [-0.2, 0) is 24.4 Å². The molecule has 104 valence electrons. The van der Waals surface area contributed by atoms with Crippen molar-refractivity contribution >= 4 is 11.9 Å². The van der Waals surface area contributed by atoms with Gasteiger partial charge in [0.15, 0.2) is 5.69 Å². The highest BCUT2D eigenvalue weighted by molar-refractivity contribution is 5.84. The Morgan fingerprint density at radius 2 is 2.20 bits per heavy atom. The lowest BCUT2D eigenvalue weighted by atomic mass is 10.3. The van der Waals surface area contributed by atoms with Gasteiger partial charge < -0.3 is 14.6 Å². The summed E-state index contributed by atoms with van der Waals surface area (Å²) in [5.41, 5.74) is -0.174. The summed E-state index contributed by atoms with van der Waals surface area (Å²) in [5, 5.41) is 15.8. The fraction of sp³-hybridized carbons (Fsp3) is 0.364. The smallest absolute Gasteiger partial charge is 0.358 e. The molecule has 0 unspecified atom stereocenters. The van der Waals surface area contributed by atoms with Crippen molar-refractivity contribution in [1.29, 1.82) is 0 Å². The van der Waals surface area contributed by atoms with Crippen molar-refractivity contribution in [2.75, 3.05) is 6.54 Å². The van der Waals surface area contributed by atoms with Crippen LogP contribution in [0.3, 0.4) is 0 Å². The van der Waals surface area contributed by atoms with Gasteiger partial charge in [0.05, 0.1) is 12.7 Å². The van der Waals surface area contributed by atoms with Crippen LogP contribution in [0.4, 0.5) is 0 Å². The zero-order valence-corrected chi connectivity index (χ0v) is 10.5. The Morgan fingerprint density at radius 3 is 2.95 bits per heavy atom. The summed E-state index contributed by atoms with van der Waals surface area (Å²) in [6, 6.07) is 0. The number of fused-ring (bicyclic) bond motifs is 1. The normalized spacial score (nSPS) is 14.1. The molecule has 0 fully saturated rings. The van der Waals surface area contributed by atoms with Crippen molar-refractivity contribution in [3.05, 3.63) is 30.1 Å². The second-order valence-electron chi connectivity index (χ2n) is 4.46. The van der Waals surface area contributed by atoms with Gasteiger partial charge in [-0.1, -0.05) is 5.21 Å². The largest absolute Gasteiger partial charge is 0.476 e. The quantitative estimate of drug-likeness (QED) is 0.787. The molecule has 0 aliphatic carbocycles. The van der Waals surface area contributed by atoms with Crippen molar-refractivity contribution < 1.29 is 14.7 Å². The van der Waals surface area contributed by atoms with Gasteiger partial charge >= 0.3 is 5.97 Å². The molecule has 3 rings (SSSR count). The minimum absolute atomic E-state index is 0.0268. The first-order valence-electron chi connectivity index (χ1n) is 6.04. The third kappa shape index (κ3) is 2.25. The van der Waals surface area contributed by atoms with Crippen molar-refractivity contribution in [2.45, 2.75) is 19.6 Å². The Morgan fingerprint density at radius 1 is 1.35 bits per heavy atom. The van der Waals surface area contributed by atoms with E-state index in [0.717, 1.165) is 5.82 Å². The Balaban J connectivity index is 1.66. The molecule has 0 bridgehead atoms. The number of hydrogen-bond acceptors (Lipinski definition) is 5. The number of aromatic nitrogens is 5. The lowest BCUT2D eigenvalue weighted by Gasteiger charge is -2.27. The SMILES string of the molecule is O=C(O)c1cn(CC(=O)N2CCn3ccnc3C2)nn1. The molecule has 9 nitrogen and oxygen atoms in total. The van der Waals surface area contributed by atoms with E-state index >= 15 is 0 Å². The predicted molar refractivity (Wildman–Crippen MR) is 64.6 cm³/mol. The Kier molecular flexibility index (Phi) is 2.93. The van der Waals surface area contributed by atoms with Gasteiger partial charge in [-0.2, -0.15) is 0 Å². The second kappa shape index (κ2) is 4.76. The molecule has 0 spiro atoms. The maximum atomic E-state index is 12.1. The van der Waals surface area contributed by atoms with Crippen LogP contribution in [0.15, 0.2) is 18.6 Å². The van der Waals surface area contributed by atoms with Crippen molar-refractivity contribution in [2.24, 2.45) is 0 Å². The molecule has 0 saturated carbocycles. The summed E-state index contributed by atoms with van der Waals surface area (Å²) in [6.45, 7) is 1.73. The minimum Gasteiger partial charge on any atom is -0.476 e. The maximum Gasteiger partial charge on any atom is 0.358 e. The topological polar surface area (TPSA) is 106 Å². The molecule has 0 radical (unpaired) electrons. The summed E-state index contributed by atoms with van der Waals surface area (Å²) < 4.78 is 3.23. The predicted octanol–water partition coefficient (Wildman–Crippen LogP) is -0.785. The number of carboxylic acids is 1. The molecule has 0 atom stereocenters. The zero-order chi connectivity index (χ0) is 14.1. The van der Waals surface area contributed by atoms with E-state index in [1.54, 1.807) is 11.1 Å². The van der Waals surface area contributed by atoms with Gasteiger partial charge in [-0.3, -0.25) is 4.79 Å². The van der Waals surface area contributed by atoms with E-state index in [1.165, 1.54) is 10.9 Å². The summed E-state index contributed by atoms with van der Waals surface area (Å²) in [5.74, 6) is -0.459. The third-order valence-electron chi connectivity index (χ3n) is 3.15. The molecule has 2 aromatic rings. The van der Waals surface area contributed by atoms with E-state index < -0.39 is 5.97 Å². The lowest BCUT2D eigenvalue weighted by molar-refractivity contribution is -0.133. The van der Waals surface area contributed by atoms with E-state index in [9.17, 15) is 9.59 Å². The lowest BCUT2D eigenvalue weighted by Crippen LogP contribution is -2.40. The highest BCUT2D eigenvalue weighted by Crippen LogP contribution is 2.10. The number of imidazole rings is 1. The van der Waals surface area contributed by atoms with Crippen LogP contribution in [-0.4, -0.2) is 53.0 Å². The van der Waals surface area contributed by atoms with Crippen LogP contribution in [0, 0.1) is 0 Å². The maximum absolute atomic E-state index is 12.1. The van der Waals surface area contributed by atoms with Crippen LogP contribution in [0.5, 0.6) is 0 Å². The van der Waals surface area contributed by atoms with Gasteiger partial charge in [0.1, 0.15) is 12.4 Å². The van der Waals surface area contributed by atoms with Crippen LogP contribution >= 0.6 is 0 Å². The van der Waals surface area contributed by atoms with Gasteiger partial charge in [-0.15, -0.1) is 5.10 Å². The van der Waals surface area contributed by atoms with E-state index in [1.807, 2.05) is 10.8 Å². The molecule has 3 heterocycles. The molecule has 1 N–H and O–H groups in total. The van der Waals surface area contributed by atoms with Crippen LogP contribution in [0.2, 0.25) is 0 Å². The van der Waals surface area contributed by atoms with Crippen molar-refractivity contribution in [1.82, 2.24) is 29.4 Å². The molecule has 2 aromatic heterocycles. The van der Waals surface area contributed by atoms with Crippen molar-refractivity contribution in [3.8, 4) is 0 Å². The van der Waals surface area contributed by atoms with Crippen molar-refractivity contribution in [3.63, 3.8) is 0 Å². The van der Waals surface area contributed by atoms with Crippen LogP contribution in [0.1, 0.15) is 16.3 Å². The highest BCUT2D eigenvalue weighted by Gasteiger charge is 2.22. The number of carboxylic acid groups (broad SMARTS) is 1. The van der Waals surface area contributed by atoms with Gasteiger partial charge in [0.25, 0.3) is 0 Å². The molecule has 0 aromatic carbocycles. The van der Waals surface area contributed by atoms with E-state index in [-0.39, 0.29) is 18.1 Å². The number of aromatic carboxylic acids is 1. The molecule has 0 saturated heterocycles. The Labute approximate surface area is 113 Å². The zero-order valence-electron chi connectivity index (χ0n) is 10.5. The third-order valence-corrected chi connectivity index (χ3v) is 3.15. The summed E-state index contributed by atoms with van der Waals surface area (Å²) in [4.78, 5) is 28.7. The van der Waals surface area contributed by atoms with Gasteiger partial charge in [0, 0.05) is 25.5 Å². The minimum atomic E-state index is -1.16. The van der Waals surface area contributed by atoms with Gasteiger partial charge in [0.2, 0.25) is 5.91 Å². The number of carbonyl (C=O) groups is 2. The number of hydrogen-bond donors (Lipinski definition) is 1. The summed E-state index contributed by atoms with van der Waals surface area (Å²) >= 11 is 0. The first kappa shape index (κ1) is 12.3. The van der Waals surface area contributed by atoms with Crippen LogP contribution in [0.25, 0.3) is 0 Å².